The molecule has 0 aliphatic heterocycles. The number of ether oxygens (including phenoxy) is 1. The molecule has 96 valence electrons. The number of rotatable bonds is 6. The largest absolute Gasteiger partial charge is 0.481 e. The van der Waals surface area contributed by atoms with Crippen molar-refractivity contribution in [3.05, 3.63) is 17.0 Å². The quantitative estimate of drug-likeness (QED) is 0.822. The molecular weight excluding hydrogens is 220 g/mol. The second-order valence-corrected chi connectivity index (χ2v) is 4.21. The molecule has 5 nitrogen and oxygen atoms in total. The molecule has 0 saturated heterocycles. The first-order chi connectivity index (χ1) is 7.97. The number of carboxylic acids is 1. The summed E-state index contributed by atoms with van der Waals surface area (Å²) in [6, 6.07) is 0. The van der Waals surface area contributed by atoms with E-state index in [-0.39, 0.29) is 0 Å². The van der Waals surface area contributed by atoms with Crippen molar-refractivity contribution in [1.29, 1.82) is 0 Å². The number of nitrogens with zero attached hydrogens (tertiary/aromatic N) is 2. The molecule has 0 aliphatic rings. The molecule has 1 aromatic heterocycles. The lowest BCUT2D eigenvalue weighted by Gasteiger charge is -2.07. The number of hydrogen-bond donors (Lipinski definition) is 1. The standard InChI is InChI=1S/C12H20N2O3/c1-5-17-7-14-10(4)11(9(3)13-14)6-8(2)12(15)16/h8H,5-7H2,1-4H3,(H,15,16). The molecule has 0 radical (unpaired) electrons. The average molecular weight is 240 g/mol. The Morgan fingerprint density at radius 1 is 1.53 bits per heavy atom. The monoisotopic (exact) mass is 240 g/mol. The van der Waals surface area contributed by atoms with Crippen LogP contribution < -0.4 is 0 Å². The second-order valence-electron chi connectivity index (χ2n) is 4.21. The molecule has 0 aromatic carbocycles. The average Bonchev–Trinajstić information content (AvgIpc) is 2.53. The zero-order valence-corrected chi connectivity index (χ0v) is 10.9. The van der Waals surface area contributed by atoms with Crippen molar-refractivity contribution in [2.24, 2.45) is 5.92 Å². The number of aliphatic carboxylic acids is 1. The van der Waals surface area contributed by atoms with Crippen LogP contribution in [0.25, 0.3) is 0 Å². The van der Waals surface area contributed by atoms with Crippen LogP contribution in [0.1, 0.15) is 30.8 Å². The lowest BCUT2D eigenvalue weighted by Crippen LogP contribution is -2.13. The van der Waals surface area contributed by atoms with Crippen LogP contribution in [0.15, 0.2) is 0 Å². The van der Waals surface area contributed by atoms with Gasteiger partial charge in [-0.3, -0.25) is 4.79 Å². The Kier molecular flexibility index (Phi) is 4.69. The number of hydrogen-bond acceptors (Lipinski definition) is 3. The minimum Gasteiger partial charge on any atom is -0.481 e. The summed E-state index contributed by atoms with van der Waals surface area (Å²) in [6.45, 7) is 8.55. The van der Waals surface area contributed by atoms with Gasteiger partial charge in [0.25, 0.3) is 0 Å². The van der Waals surface area contributed by atoms with E-state index in [9.17, 15) is 4.79 Å². The maximum Gasteiger partial charge on any atom is 0.306 e. The fraction of sp³-hybridized carbons (Fsp3) is 0.667. The Balaban J connectivity index is 2.85. The van der Waals surface area contributed by atoms with Crippen LogP contribution in [0.4, 0.5) is 0 Å². The highest BCUT2D eigenvalue weighted by molar-refractivity contribution is 5.70. The van der Waals surface area contributed by atoms with Gasteiger partial charge in [-0.1, -0.05) is 6.92 Å². The van der Waals surface area contributed by atoms with Crippen molar-refractivity contribution < 1.29 is 14.6 Å². The smallest absolute Gasteiger partial charge is 0.306 e. The summed E-state index contributed by atoms with van der Waals surface area (Å²) in [4.78, 5) is 10.9. The van der Waals surface area contributed by atoms with Gasteiger partial charge in [0.1, 0.15) is 6.73 Å². The fourth-order valence-electron chi connectivity index (χ4n) is 1.73. The van der Waals surface area contributed by atoms with Gasteiger partial charge in [0, 0.05) is 12.3 Å². The molecule has 0 amide bonds. The van der Waals surface area contributed by atoms with Crippen molar-refractivity contribution >= 4 is 5.97 Å². The van der Waals surface area contributed by atoms with Crippen LogP contribution in [-0.4, -0.2) is 27.5 Å². The van der Waals surface area contributed by atoms with E-state index in [4.69, 9.17) is 9.84 Å². The van der Waals surface area contributed by atoms with Crippen LogP contribution in [0.2, 0.25) is 0 Å². The van der Waals surface area contributed by atoms with Crippen LogP contribution in [-0.2, 0) is 22.7 Å². The van der Waals surface area contributed by atoms with Gasteiger partial charge in [-0.15, -0.1) is 0 Å². The Labute approximate surface area is 101 Å². The van der Waals surface area contributed by atoms with E-state index in [0.717, 1.165) is 17.0 Å². The lowest BCUT2D eigenvalue weighted by molar-refractivity contribution is -0.141. The zero-order valence-electron chi connectivity index (χ0n) is 10.9. The summed E-state index contributed by atoms with van der Waals surface area (Å²) in [5.41, 5.74) is 2.89. The first-order valence-electron chi connectivity index (χ1n) is 5.80. The van der Waals surface area contributed by atoms with Crippen LogP contribution in [0.3, 0.4) is 0 Å². The van der Waals surface area contributed by atoms with E-state index in [1.807, 2.05) is 20.8 Å². The van der Waals surface area contributed by atoms with Crippen molar-refractivity contribution in [2.75, 3.05) is 6.61 Å². The van der Waals surface area contributed by atoms with Gasteiger partial charge >= 0.3 is 5.97 Å². The van der Waals surface area contributed by atoms with Crippen LogP contribution in [0, 0.1) is 19.8 Å². The highest BCUT2D eigenvalue weighted by Crippen LogP contribution is 2.17. The van der Waals surface area contributed by atoms with Crippen molar-refractivity contribution in [1.82, 2.24) is 9.78 Å². The lowest BCUT2D eigenvalue weighted by atomic mass is 10.00. The molecule has 0 bridgehead atoms. The third-order valence-electron chi connectivity index (χ3n) is 2.88. The number of carboxylic acid groups (broad SMARTS) is 1. The van der Waals surface area contributed by atoms with Crippen molar-refractivity contribution in [3.63, 3.8) is 0 Å². The summed E-state index contributed by atoms with van der Waals surface area (Å²) < 4.78 is 7.09. The van der Waals surface area contributed by atoms with Crippen LogP contribution >= 0.6 is 0 Å². The fourth-order valence-corrected chi connectivity index (χ4v) is 1.73. The summed E-state index contributed by atoms with van der Waals surface area (Å²) in [6.07, 6.45) is 0.513. The summed E-state index contributed by atoms with van der Waals surface area (Å²) >= 11 is 0. The van der Waals surface area contributed by atoms with Crippen molar-refractivity contribution in [3.8, 4) is 0 Å². The van der Waals surface area contributed by atoms with Gasteiger partial charge in [-0.05, 0) is 32.8 Å². The molecule has 0 fully saturated rings. The Hall–Kier alpha value is -1.36. The van der Waals surface area contributed by atoms with Gasteiger partial charge in [-0.2, -0.15) is 5.10 Å². The van der Waals surface area contributed by atoms with E-state index >= 15 is 0 Å². The van der Waals surface area contributed by atoms with E-state index in [2.05, 4.69) is 5.10 Å². The third kappa shape index (κ3) is 3.30. The molecule has 1 atom stereocenters. The maximum absolute atomic E-state index is 10.9. The topological polar surface area (TPSA) is 64.4 Å². The minimum absolute atomic E-state index is 0.392. The summed E-state index contributed by atoms with van der Waals surface area (Å²) in [5, 5.41) is 13.3. The Morgan fingerprint density at radius 2 is 2.18 bits per heavy atom. The second kappa shape index (κ2) is 5.82. The normalized spacial score (nSPS) is 12.7. The molecule has 0 saturated carbocycles. The Morgan fingerprint density at radius 3 is 2.71 bits per heavy atom. The third-order valence-corrected chi connectivity index (χ3v) is 2.88. The molecule has 1 unspecified atom stereocenters. The molecule has 1 heterocycles. The minimum atomic E-state index is -0.777. The molecular formula is C12H20N2O3. The Bertz CT molecular complexity index is 399. The number of aromatic nitrogens is 2. The van der Waals surface area contributed by atoms with E-state index in [1.54, 1.807) is 11.6 Å². The van der Waals surface area contributed by atoms with Crippen LogP contribution in [0.5, 0.6) is 0 Å². The summed E-state index contributed by atoms with van der Waals surface area (Å²) in [7, 11) is 0. The van der Waals surface area contributed by atoms with Gasteiger partial charge < -0.3 is 9.84 Å². The van der Waals surface area contributed by atoms with E-state index in [0.29, 0.717) is 19.8 Å². The van der Waals surface area contributed by atoms with Gasteiger partial charge in [-0.25, -0.2) is 4.68 Å². The van der Waals surface area contributed by atoms with E-state index < -0.39 is 11.9 Å². The maximum atomic E-state index is 10.9. The first-order valence-corrected chi connectivity index (χ1v) is 5.80. The predicted octanol–water partition coefficient (Wildman–Crippen LogP) is 1.76. The van der Waals surface area contributed by atoms with Gasteiger partial charge in [0.15, 0.2) is 0 Å². The molecule has 5 heteroatoms. The number of carbonyl (C=O) groups is 1. The highest BCUT2D eigenvalue weighted by Gasteiger charge is 2.18. The van der Waals surface area contributed by atoms with Gasteiger partial charge in [0.05, 0.1) is 11.6 Å². The molecule has 17 heavy (non-hydrogen) atoms. The molecule has 1 N–H and O–H groups in total. The number of aryl methyl sites for hydroxylation is 1. The zero-order chi connectivity index (χ0) is 13.0. The predicted molar refractivity (Wildman–Crippen MR) is 63.8 cm³/mol. The summed E-state index contributed by atoms with van der Waals surface area (Å²) in [5.74, 6) is -1.17. The molecule has 1 aromatic rings. The van der Waals surface area contributed by atoms with Crippen molar-refractivity contribution in [2.45, 2.75) is 40.8 Å². The first kappa shape index (κ1) is 13.7. The molecule has 0 aliphatic carbocycles. The van der Waals surface area contributed by atoms with Gasteiger partial charge in [0.2, 0.25) is 0 Å². The van der Waals surface area contributed by atoms with E-state index in [1.165, 1.54) is 0 Å². The SMILES string of the molecule is CCOCn1nc(C)c(CC(C)C(=O)O)c1C. The highest BCUT2D eigenvalue weighted by atomic mass is 16.5. The molecule has 0 spiro atoms. The molecule has 1 rings (SSSR count).